The molecule has 0 aromatic heterocycles. The van der Waals surface area contributed by atoms with Crippen molar-refractivity contribution in [3.63, 3.8) is 0 Å². The summed E-state index contributed by atoms with van der Waals surface area (Å²) in [6.45, 7) is 0. The fourth-order valence-electron chi connectivity index (χ4n) is 1.72. The SMILES string of the molecule is CS(=O)(=O)Nc1ccc(NC(=O)c2cc(F)cc(F)c2)cc1. The van der Waals surface area contributed by atoms with E-state index < -0.39 is 27.6 Å². The fourth-order valence-corrected chi connectivity index (χ4v) is 2.29. The minimum atomic E-state index is -3.39. The molecule has 1 amide bonds. The van der Waals surface area contributed by atoms with E-state index in [1.807, 2.05) is 0 Å². The molecule has 0 heterocycles. The summed E-state index contributed by atoms with van der Waals surface area (Å²) >= 11 is 0. The molecular weight excluding hydrogens is 314 g/mol. The van der Waals surface area contributed by atoms with E-state index in [-0.39, 0.29) is 5.56 Å². The van der Waals surface area contributed by atoms with E-state index in [0.29, 0.717) is 17.4 Å². The maximum absolute atomic E-state index is 13.1. The fraction of sp³-hybridized carbons (Fsp3) is 0.0714. The summed E-state index contributed by atoms with van der Waals surface area (Å²) in [5.41, 5.74) is 0.529. The van der Waals surface area contributed by atoms with Crippen LogP contribution >= 0.6 is 0 Å². The molecule has 2 aromatic carbocycles. The number of carbonyl (C=O) groups is 1. The Bertz CT molecular complexity index is 785. The molecule has 116 valence electrons. The summed E-state index contributed by atoms with van der Waals surface area (Å²) in [5.74, 6) is -2.38. The van der Waals surface area contributed by atoms with Gasteiger partial charge in [-0.25, -0.2) is 17.2 Å². The molecule has 0 unspecified atom stereocenters. The van der Waals surface area contributed by atoms with E-state index in [1.54, 1.807) is 0 Å². The molecule has 0 saturated carbocycles. The third-order valence-electron chi connectivity index (χ3n) is 2.57. The van der Waals surface area contributed by atoms with E-state index in [0.717, 1.165) is 18.4 Å². The van der Waals surface area contributed by atoms with Crippen molar-refractivity contribution in [1.82, 2.24) is 0 Å². The highest BCUT2D eigenvalue weighted by Crippen LogP contribution is 2.16. The lowest BCUT2D eigenvalue weighted by Crippen LogP contribution is -2.13. The van der Waals surface area contributed by atoms with Gasteiger partial charge in [0, 0.05) is 23.0 Å². The van der Waals surface area contributed by atoms with Gasteiger partial charge in [-0.3, -0.25) is 9.52 Å². The number of amides is 1. The number of sulfonamides is 1. The number of halogens is 2. The summed E-state index contributed by atoms with van der Waals surface area (Å²) in [6, 6.07) is 8.31. The van der Waals surface area contributed by atoms with Gasteiger partial charge in [-0.2, -0.15) is 0 Å². The molecule has 22 heavy (non-hydrogen) atoms. The van der Waals surface area contributed by atoms with Gasteiger partial charge in [0.1, 0.15) is 11.6 Å². The predicted octanol–water partition coefficient (Wildman–Crippen LogP) is 2.59. The first-order valence-corrected chi connectivity index (χ1v) is 7.97. The van der Waals surface area contributed by atoms with Gasteiger partial charge in [0.15, 0.2) is 0 Å². The number of rotatable bonds is 4. The lowest BCUT2D eigenvalue weighted by atomic mass is 10.2. The average molecular weight is 326 g/mol. The van der Waals surface area contributed by atoms with E-state index in [4.69, 9.17) is 0 Å². The molecule has 0 atom stereocenters. The van der Waals surface area contributed by atoms with E-state index in [1.165, 1.54) is 24.3 Å². The molecule has 8 heteroatoms. The van der Waals surface area contributed by atoms with Gasteiger partial charge in [-0.05, 0) is 36.4 Å². The molecule has 5 nitrogen and oxygen atoms in total. The van der Waals surface area contributed by atoms with E-state index in [9.17, 15) is 22.0 Å². The van der Waals surface area contributed by atoms with Crippen LogP contribution in [-0.4, -0.2) is 20.6 Å². The summed E-state index contributed by atoms with van der Waals surface area (Å²) < 4.78 is 50.5. The summed E-state index contributed by atoms with van der Waals surface area (Å²) in [7, 11) is -3.39. The van der Waals surface area contributed by atoms with Crippen LogP contribution in [0.3, 0.4) is 0 Å². The third-order valence-corrected chi connectivity index (χ3v) is 3.18. The molecule has 0 aliphatic carbocycles. The highest BCUT2D eigenvalue weighted by Gasteiger charge is 2.10. The van der Waals surface area contributed by atoms with Crippen LogP contribution in [0.25, 0.3) is 0 Å². The Balaban J connectivity index is 2.12. The molecule has 2 rings (SSSR count). The first-order chi connectivity index (χ1) is 10.2. The molecule has 0 aliphatic rings. The summed E-state index contributed by atoms with van der Waals surface area (Å²) in [6.07, 6.45) is 1.02. The lowest BCUT2D eigenvalue weighted by Gasteiger charge is -2.08. The summed E-state index contributed by atoms with van der Waals surface area (Å²) in [5, 5.41) is 2.45. The van der Waals surface area contributed by atoms with Crippen LogP contribution in [0.1, 0.15) is 10.4 Å². The van der Waals surface area contributed by atoms with Gasteiger partial charge < -0.3 is 5.32 Å². The molecule has 0 bridgehead atoms. The normalized spacial score (nSPS) is 11.0. The van der Waals surface area contributed by atoms with E-state index in [2.05, 4.69) is 10.0 Å². The predicted molar refractivity (Wildman–Crippen MR) is 79.2 cm³/mol. The number of nitrogens with one attached hydrogen (secondary N) is 2. The lowest BCUT2D eigenvalue weighted by molar-refractivity contribution is 0.102. The summed E-state index contributed by atoms with van der Waals surface area (Å²) in [4.78, 5) is 11.9. The van der Waals surface area contributed by atoms with E-state index >= 15 is 0 Å². The zero-order valence-electron chi connectivity index (χ0n) is 11.4. The maximum atomic E-state index is 13.1. The van der Waals surface area contributed by atoms with Crippen molar-refractivity contribution < 1.29 is 22.0 Å². The van der Waals surface area contributed by atoms with Crippen LogP contribution in [0.15, 0.2) is 42.5 Å². The Morgan fingerprint density at radius 2 is 1.45 bits per heavy atom. The van der Waals surface area contributed by atoms with Crippen LogP contribution in [-0.2, 0) is 10.0 Å². The zero-order chi connectivity index (χ0) is 16.3. The Kier molecular flexibility index (Phi) is 4.41. The smallest absolute Gasteiger partial charge is 0.255 e. The van der Waals surface area contributed by atoms with Crippen molar-refractivity contribution in [3.05, 3.63) is 59.7 Å². The largest absolute Gasteiger partial charge is 0.322 e. The minimum absolute atomic E-state index is 0.157. The standard InChI is InChI=1S/C14H12F2N2O3S/c1-22(20,21)18-13-4-2-12(3-5-13)17-14(19)9-6-10(15)8-11(16)7-9/h2-8,18H,1H3,(H,17,19). The highest BCUT2D eigenvalue weighted by atomic mass is 32.2. The molecule has 0 fully saturated rings. The average Bonchev–Trinajstić information content (AvgIpc) is 2.38. The molecule has 2 N–H and O–H groups in total. The molecular formula is C14H12F2N2O3S. The number of carbonyl (C=O) groups excluding carboxylic acids is 1. The van der Waals surface area contributed by atoms with Crippen molar-refractivity contribution in [1.29, 1.82) is 0 Å². The van der Waals surface area contributed by atoms with Crippen LogP contribution < -0.4 is 10.0 Å². The number of anilines is 2. The van der Waals surface area contributed by atoms with Gasteiger partial charge in [0.2, 0.25) is 10.0 Å². The van der Waals surface area contributed by atoms with Crippen LogP contribution in [0, 0.1) is 11.6 Å². The van der Waals surface area contributed by atoms with Crippen LogP contribution in [0.4, 0.5) is 20.2 Å². The quantitative estimate of drug-likeness (QED) is 0.907. The number of hydrogen-bond acceptors (Lipinski definition) is 3. The Morgan fingerprint density at radius 1 is 0.955 bits per heavy atom. The number of benzene rings is 2. The van der Waals surface area contributed by atoms with Crippen LogP contribution in [0.2, 0.25) is 0 Å². The first kappa shape index (κ1) is 15.9. The molecule has 2 aromatic rings. The van der Waals surface area contributed by atoms with Crippen molar-refractivity contribution in [2.24, 2.45) is 0 Å². The topological polar surface area (TPSA) is 75.3 Å². The van der Waals surface area contributed by atoms with Crippen LogP contribution in [0.5, 0.6) is 0 Å². The second-order valence-electron chi connectivity index (χ2n) is 4.56. The third kappa shape index (κ3) is 4.52. The Labute approximate surface area is 126 Å². The van der Waals surface area contributed by atoms with Gasteiger partial charge in [0.25, 0.3) is 5.91 Å². The highest BCUT2D eigenvalue weighted by molar-refractivity contribution is 7.92. The Morgan fingerprint density at radius 3 is 1.95 bits per heavy atom. The second kappa shape index (κ2) is 6.10. The van der Waals surface area contributed by atoms with Gasteiger partial charge in [-0.1, -0.05) is 0 Å². The second-order valence-corrected chi connectivity index (χ2v) is 6.31. The monoisotopic (exact) mass is 326 g/mol. The molecule has 0 spiro atoms. The van der Waals surface area contributed by atoms with Crippen molar-refractivity contribution >= 4 is 27.3 Å². The minimum Gasteiger partial charge on any atom is -0.322 e. The maximum Gasteiger partial charge on any atom is 0.255 e. The van der Waals surface area contributed by atoms with Gasteiger partial charge in [0.05, 0.1) is 6.26 Å². The molecule has 0 saturated heterocycles. The molecule has 0 radical (unpaired) electrons. The first-order valence-electron chi connectivity index (χ1n) is 6.08. The van der Waals surface area contributed by atoms with Crippen molar-refractivity contribution in [2.75, 3.05) is 16.3 Å². The van der Waals surface area contributed by atoms with Gasteiger partial charge >= 0.3 is 0 Å². The van der Waals surface area contributed by atoms with Gasteiger partial charge in [-0.15, -0.1) is 0 Å². The Hall–Kier alpha value is -2.48. The van der Waals surface area contributed by atoms with Crippen molar-refractivity contribution in [2.45, 2.75) is 0 Å². The van der Waals surface area contributed by atoms with Crippen molar-refractivity contribution in [3.8, 4) is 0 Å². The number of hydrogen-bond donors (Lipinski definition) is 2. The molecule has 0 aliphatic heterocycles. The zero-order valence-corrected chi connectivity index (χ0v) is 12.2.